The van der Waals surface area contributed by atoms with Crippen molar-refractivity contribution in [2.24, 2.45) is 0 Å². The Morgan fingerprint density at radius 1 is 0.711 bits per heavy atom. The number of hydrogen-bond acceptors (Lipinski definition) is 8. The standard InChI is InChI=1S/C35H48N4O6/c40-32(22-36-15-10-26-6-2-3-7-29(26)19-36)25-45-35(43)39-17-12-30(21-39)28-9-8-27-11-16-37(20-31(27)18-28)23-33(41)24-44-34(42)38-13-4-1-5-14-38/h2-3,6-9,18,30,32-33,40-41H,1,4-5,10-17,19-25H2/t30-,32?,33?/m1/s1. The molecule has 4 aliphatic heterocycles. The molecule has 2 saturated heterocycles. The molecule has 0 aromatic heterocycles. The summed E-state index contributed by atoms with van der Waals surface area (Å²) >= 11 is 0. The van der Waals surface area contributed by atoms with Crippen LogP contribution in [0.3, 0.4) is 0 Å². The summed E-state index contributed by atoms with van der Waals surface area (Å²) in [7, 11) is 0. The van der Waals surface area contributed by atoms with Gasteiger partial charge in [0.1, 0.15) is 25.4 Å². The zero-order chi connectivity index (χ0) is 31.2. The van der Waals surface area contributed by atoms with Gasteiger partial charge >= 0.3 is 12.2 Å². The number of likely N-dealkylation sites (tertiary alicyclic amines) is 2. The van der Waals surface area contributed by atoms with Crippen LogP contribution < -0.4 is 0 Å². The Hall–Kier alpha value is -3.18. The number of amides is 2. The highest BCUT2D eigenvalue weighted by Gasteiger charge is 2.30. The van der Waals surface area contributed by atoms with Crippen LogP contribution in [0.2, 0.25) is 0 Å². The van der Waals surface area contributed by atoms with Gasteiger partial charge in [-0.25, -0.2) is 9.59 Å². The quantitative estimate of drug-likeness (QED) is 0.440. The summed E-state index contributed by atoms with van der Waals surface area (Å²) < 4.78 is 10.9. The second kappa shape index (κ2) is 14.9. The number of aliphatic hydroxyl groups excluding tert-OH is 2. The summed E-state index contributed by atoms with van der Waals surface area (Å²) in [6, 6.07) is 15.1. The van der Waals surface area contributed by atoms with Crippen molar-refractivity contribution >= 4 is 12.2 Å². The molecule has 2 amide bonds. The van der Waals surface area contributed by atoms with Crippen LogP contribution >= 0.6 is 0 Å². The molecule has 2 aromatic rings. The summed E-state index contributed by atoms with van der Waals surface area (Å²) in [4.78, 5) is 33.1. The van der Waals surface area contributed by atoms with Gasteiger partial charge < -0.3 is 29.5 Å². The van der Waals surface area contributed by atoms with E-state index in [1.807, 2.05) is 6.07 Å². The van der Waals surface area contributed by atoms with Crippen LogP contribution in [0, 0.1) is 0 Å². The highest BCUT2D eigenvalue weighted by Crippen LogP contribution is 2.31. The van der Waals surface area contributed by atoms with Gasteiger partial charge in [0.25, 0.3) is 0 Å². The minimum atomic E-state index is -0.729. The first-order chi connectivity index (χ1) is 21.9. The number of hydrogen-bond donors (Lipinski definition) is 2. The fourth-order valence-corrected chi connectivity index (χ4v) is 7.25. The van der Waals surface area contributed by atoms with Gasteiger partial charge in [0, 0.05) is 71.4 Å². The lowest BCUT2D eigenvalue weighted by molar-refractivity contribution is 0.0252. The Balaban J connectivity index is 0.929. The molecular weight excluding hydrogens is 572 g/mol. The van der Waals surface area contributed by atoms with E-state index in [-0.39, 0.29) is 31.3 Å². The topological polar surface area (TPSA) is 106 Å². The molecule has 4 aliphatic rings. The van der Waals surface area contributed by atoms with Gasteiger partial charge in [-0.2, -0.15) is 0 Å². The Labute approximate surface area is 266 Å². The Morgan fingerprint density at radius 3 is 2.00 bits per heavy atom. The largest absolute Gasteiger partial charge is 0.447 e. The number of benzene rings is 2. The van der Waals surface area contributed by atoms with Crippen molar-refractivity contribution in [2.45, 2.75) is 69.7 Å². The first-order valence-electron chi connectivity index (χ1n) is 16.7. The SMILES string of the molecule is O=C(OCC(O)CN1CCc2ccc([C@@H]3CCN(C(=O)OCC(O)CN4CCc5ccccc5C4)C3)cc2C1)N1CCCCC1. The molecule has 2 N–H and O–H groups in total. The van der Waals surface area contributed by atoms with Gasteiger partial charge in [-0.1, -0.05) is 42.5 Å². The predicted octanol–water partition coefficient (Wildman–Crippen LogP) is 3.37. The average molecular weight is 621 g/mol. The molecule has 2 aromatic carbocycles. The van der Waals surface area contributed by atoms with Gasteiger partial charge in [0.2, 0.25) is 0 Å². The fraction of sp³-hybridized carbons (Fsp3) is 0.600. The van der Waals surface area contributed by atoms with Gasteiger partial charge in [-0.05, 0) is 66.3 Å². The molecule has 10 nitrogen and oxygen atoms in total. The first kappa shape index (κ1) is 31.8. The maximum atomic E-state index is 12.9. The van der Waals surface area contributed by atoms with Crippen LogP contribution in [0.25, 0.3) is 0 Å². The number of fused-ring (bicyclic) bond motifs is 2. The molecule has 0 saturated carbocycles. The van der Waals surface area contributed by atoms with Crippen LogP contribution in [-0.2, 0) is 35.4 Å². The molecule has 3 atom stereocenters. The van der Waals surface area contributed by atoms with E-state index in [1.165, 1.54) is 27.8 Å². The normalized spacial score (nSPS) is 22.0. The van der Waals surface area contributed by atoms with E-state index in [4.69, 9.17) is 9.47 Å². The summed E-state index contributed by atoms with van der Waals surface area (Å²) in [5, 5.41) is 21.2. The molecule has 6 rings (SSSR count). The number of piperidine rings is 1. The summed E-state index contributed by atoms with van der Waals surface area (Å²) in [6.45, 7) is 6.93. The number of rotatable bonds is 9. The van der Waals surface area contributed by atoms with Crippen molar-refractivity contribution in [3.05, 3.63) is 70.3 Å². The van der Waals surface area contributed by atoms with Crippen molar-refractivity contribution in [3.63, 3.8) is 0 Å². The van der Waals surface area contributed by atoms with E-state index in [0.29, 0.717) is 26.2 Å². The van der Waals surface area contributed by atoms with Gasteiger partial charge in [-0.15, -0.1) is 0 Å². The zero-order valence-electron chi connectivity index (χ0n) is 26.3. The van der Waals surface area contributed by atoms with E-state index in [9.17, 15) is 19.8 Å². The highest BCUT2D eigenvalue weighted by molar-refractivity contribution is 5.68. The second-order valence-electron chi connectivity index (χ2n) is 13.2. The van der Waals surface area contributed by atoms with Gasteiger partial charge in [0.15, 0.2) is 0 Å². The number of aliphatic hydroxyl groups is 2. The van der Waals surface area contributed by atoms with Crippen molar-refractivity contribution in [1.29, 1.82) is 0 Å². The van der Waals surface area contributed by atoms with Crippen molar-refractivity contribution in [1.82, 2.24) is 19.6 Å². The zero-order valence-corrected chi connectivity index (χ0v) is 26.3. The number of ether oxygens (including phenoxy) is 2. The van der Waals surface area contributed by atoms with Crippen LogP contribution in [0.4, 0.5) is 9.59 Å². The smallest absolute Gasteiger partial charge is 0.409 e. The molecule has 10 heteroatoms. The number of nitrogens with zero attached hydrogens (tertiary/aromatic N) is 4. The minimum absolute atomic E-state index is 0.00384. The van der Waals surface area contributed by atoms with Crippen LogP contribution in [-0.4, -0.2) is 120 Å². The number of β-amino-alcohol motifs (C(OH)–C–C–N with tert-alkyl or cyclic N) is 2. The Kier molecular flexibility index (Phi) is 10.6. The molecule has 45 heavy (non-hydrogen) atoms. The Bertz CT molecular complexity index is 1320. The van der Waals surface area contributed by atoms with E-state index in [2.05, 4.69) is 46.2 Å². The van der Waals surface area contributed by atoms with Gasteiger partial charge in [0.05, 0.1) is 0 Å². The highest BCUT2D eigenvalue weighted by atomic mass is 16.6. The summed E-state index contributed by atoms with van der Waals surface area (Å²) in [6.07, 6.45) is 3.78. The lowest BCUT2D eigenvalue weighted by Gasteiger charge is -2.31. The number of carbonyl (C=O) groups is 2. The molecule has 0 bridgehead atoms. The van der Waals surface area contributed by atoms with Crippen LogP contribution in [0.5, 0.6) is 0 Å². The molecule has 244 valence electrons. The third kappa shape index (κ3) is 8.35. The Morgan fingerprint density at radius 2 is 1.31 bits per heavy atom. The third-order valence-corrected chi connectivity index (χ3v) is 9.80. The molecule has 4 heterocycles. The summed E-state index contributed by atoms with van der Waals surface area (Å²) in [5.74, 6) is 0.233. The monoisotopic (exact) mass is 620 g/mol. The number of carbonyl (C=O) groups excluding carboxylic acids is 2. The predicted molar refractivity (Wildman–Crippen MR) is 170 cm³/mol. The maximum absolute atomic E-state index is 12.9. The first-order valence-corrected chi connectivity index (χ1v) is 16.7. The second-order valence-corrected chi connectivity index (χ2v) is 13.2. The van der Waals surface area contributed by atoms with Crippen molar-refractivity contribution in [2.75, 3.05) is 65.6 Å². The maximum Gasteiger partial charge on any atom is 0.409 e. The van der Waals surface area contributed by atoms with E-state index >= 15 is 0 Å². The van der Waals surface area contributed by atoms with E-state index in [0.717, 1.165) is 77.8 Å². The van der Waals surface area contributed by atoms with Gasteiger partial charge in [-0.3, -0.25) is 9.80 Å². The lowest BCUT2D eigenvalue weighted by Crippen LogP contribution is -2.41. The molecule has 0 aliphatic carbocycles. The molecule has 2 fully saturated rings. The lowest BCUT2D eigenvalue weighted by atomic mass is 9.91. The van der Waals surface area contributed by atoms with Crippen molar-refractivity contribution < 1.29 is 29.3 Å². The van der Waals surface area contributed by atoms with E-state index in [1.54, 1.807) is 9.80 Å². The molecular formula is C35H48N4O6. The van der Waals surface area contributed by atoms with E-state index < -0.39 is 12.2 Å². The van der Waals surface area contributed by atoms with Crippen LogP contribution in [0.15, 0.2) is 42.5 Å². The summed E-state index contributed by atoms with van der Waals surface area (Å²) in [5.41, 5.74) is 6.46. The molecule has 2 unspecified atom stereocenters. The molecule has 0 spiro atoms. The van der Waals surface area contributed by atoms with Crippen molar-refractivity contribution in [3.8, 4) is 0 Å². The minimum Gasteiger partial charge on any atom is -0.447 e. The van der Waals surface area contributed by atoms with Crippen LogP contribution in [0.1, 0.15) is 59.4 Å². The molecule has 0 radical (unpaired) electrons. The average Bonchev–Trinajstić information content (AvgIpc) is 3.57. The third-order valence-electron chi connectivity index (χ3n) is 9.80. The fourth-order valence-electron chi connectivity index (χ4n) is 7.25.